The molecule has 1 aliphatic heterocycles. The number of hydrogen-bond donors (Lipinski definition) is 1. The molecule has 0 bridgehead atoms. The summed E-state index contributed by atoms with van der Waals surface area (Å²) in [6.07, 6.45) is 4.85. The van der Waals surface area contributed by atoms with Crippen molar-refractivity contribution in [1.82, 2.24) is 14.9 Å². The molecule has 1 aromatic heterocycles. The fourth-order valence-corrected chi connectivity index (χ4v) is 3.23. The molecule has 3 heteroatoms. The van der Waals surface area contributed by atoms with Crippen molar-refractivity contribution in [2.75, 3.05) is 6.54 Å². The first-order chi connectivity index (χ1) is 10.3. The summed E-state index contributed by atoms with van der Waals surface area (Å²) in [6.45, 7) is 6.57. The Morgan fingerprint density at radius 1 is 1.29 bits per heavy atom. The van der Waals surface area contributed by atoms with Gasteiger partial charge in [-0.05, 0) is 13.3 Å². The second-order valence-electron chi connectivity index (χ2n) is 5.98. The van der Waals surface area contributed by atoms with Crippen molar-refractivity contribution in [3.63, 3.8) is 0 Å². The van der Waals surface area contributed by atoms with Gasteiger partial charge in [0.25, 0.3) is 0 Å². The standard InChI is InChI=1S/C18H25N3/c1-3-4-8-14(2)21-17-11-12-19-13-16(17)20-18(21)15-9-6-5-7-10-15/h5-7,9-10,14,19H,3-4,8,11-13H2,1-2H3. The van der Waals surface area contributed by atoms with Gasteiger partial charge in [0.1, 0.15) is 5.82 Å². The van der Waals surface area contributed by atoms with Gasteiger partial charge in [-0.3, -0.25) is 0 Å². The first kappa shape index (κ1) is 14.3. The first-order valence-electron chi connectivity index (χ1n) is 8.17. The monoisotopic (exact) mass is 283 g/mol. The van der Waals surface area contributed by atoms with Crippen LogP contribution < -0.4 is 5.32 Å². The lowest BCUT2D eigenvalue weighted by molar-refractivity contribution is 0.467. The summed E-state index contributed by atoms with van der Waals surface area (Å²) < 4.78 is 2.50. The topological polar surface area (TPSA) is 29.9 Å². The molecular formula is C18H25N3. The molecule has 1 aliphatic rings. The number of nitrogens with zero attached hydrogens (tertiary/aromatic N) is 2. The molecule has 21 heavy (non-hydrogen) atoms. The number of aromatic nitrogens is 2. The number of hydrogen-bond acceptors (Lipinski definition) is 2. The van der Waals surface area contributed by atoms with Crippen molar-refractivity contribution in [3.8, 4) is 11.4 Å². The Morgan fingerprint density at radius 3 is 2.86 bits per heavy atom. The lowest BCUT2D eigenvalue weighted by atomic mass is 10.1. The highest BCUT2D eigenvalue weighted by atomic mass is 15.1. The molecule has 2 heterocycles. The minimum absolute atomic E-state index is 0.523. The maximum Gasteiger partial charge on any atom is 0.140 e. The van der Waals surface area contributed by atoms with Crippen molar-refractivity contribution in [2.24, 2.45) is 0 Å². The van der Waals surface area contributed by atoms with Crippen LogP contribution in [0, 0.1) is 0 Å². The molecule has 0 radical (unpaired) electrons. The molecule has 1 N–H and O–H groups in total. The molecule has 0 spiro atoms. The van der Waals surface area contributed by atoms with Gasteiger partial charge in [0.15, 0.2) is 0 Å². The molecule has 3 rings (SSSR count). The normalized spacial score (nSPS) is 15.7. The van der Waals surface area contributed by atoms with Crippen LogP contribution >= 0.6 is 0 Å². The van der Waals surface area contributed by atoms with Gasteiger partial charge in [0.05, 0.1) is 5.69 Å². The van der Waals surface area contributed by atoms with Crippen molar-refractivity contribution in [3.05, 3.63) is 41.7 Å². The Balaban J connectivity index is 2.04. The zero-order valence-corrected chi connectivity index (χ0v) is 13.1. The molecular weight excluding hydrogens is 258 g/mol. The van der Waals surface area contributed by atoms with Gasteiger partial charge in [-0.1, -0.05) is 50.1 Å². The van der Waals surface area contributed by atoms with Crippen LogP contribution in [0.3, 0.4) is 0 Å². The first-order valence-corrected chi connectivity index (χ1v) is 8.17. The van der Waals surface area contributed by atoms with Crippen LogP contribution in [0.5, 0.6) is 0 Å². The van der Waals surface area contributed by atoms with Crippen LogP contribution in [0.4, 0.5) is 0 Å². The Morgan fingerprint density at radius 2 is 2.10 bits per heavy atom. The summed E-state index contributed by atoms with van der Waals surface area (Å²) in [5.74, 6) is 1.15. The summed E-state index contributed by atoms with van der Waals surface area (Å²) in [7, 11) is 0. The smallest absolute Gasteiger partial charge is 0.140 e. The van der Waals surface area contributed by atoms with E-state index in [2.05, 4.69) is 54.1 Å². The van der Waals surface area contributed by atoms with Crippen LogP contribution in [0.1, 0.15) is 50.5 Å². The third-order valence-electron chi connectivity index (χ3n) is 4.37. The summed E-state index contributed by atoms with van der Waals surface area (Å²) >= 11 is 0. The van der Waals surface area contributed by atoms with Gasteiger partial charge in [0, 0.05) is 36.8 Å². The molecule has 112 valence electrons. The summed E-state index contributed by atoms with van der Waals surface area (Å²) in [5.41, 5.74) is 3.91. The van der Waals surface area contributed by atoms with Gasteiger partial charge >= 0.3 is 0 Å². The summed E-state index contributed by atoms with van der Waals surface area (Å²) in [4.78, 5) is 4.95. The average Bonchev–Trinajstić information content (AvgIpc) is 2.93. The predicted octanol–water partition coefficient (Wildman–Crippen LogP) is 3.95. The van der Waals surface area contributed by atoms with Crippen molar-refractivity contribution in [1.29, 1.82) is 0 Å². The Hall–Kier alpha value is -1.61. The van der Waals surface area contributed by atoms with Crippen molar-refractivity contribution < 1.29 is 0 Å². The minimum Gasteiger partial charge on any atom is -0.325 e. The van der Waals surface area contributed by atoms with Gasteiger partial charge < -0.3 is 9.88 Å². The predicted molar refractivity (Wildman–Crippen MR) is 87.3 cm³/mol. The van der Waals surface area contributed by atoms with E-state index in [4.69, 9.17) is 4.98 Å². The third kappa shape index (κ3) is 2.88. The molecule has 0 fully saturated rings. The molecule has 3 nitrogen and oxygen atoms in total. The molecule has 1 unspecified atom stereocenters. The zero-order chi connectivity index (χ0) is 14.7. The van der Waals surface area contributed by atoms with Crippen LogP contribution in [0.25, 0.3) is 11.4 Å². The van der Waals surface area contributed by atoms with Crippen LogP contribution in [-0.4, -0.2) is 16.1 Å². The zero-order valence-electron chi connectivity index (χ0n) is 13.1. The summed E-state index contributed by atoms with van der Waals surface area (Å²) in [6, 6.07) is 11.1. The number of benzene rings is 1. The molecule has 0 aliphatic carbocycles. The number of fused-ring (bicyclic) bond motifs is 1. The van der Waals surface area contributed by atoms with E-state index in [1.54, 1.807) is 0 Å². The highest BCUT2D eigenvalue weighted by Gasteiger charge is 2.23. The fraction of sp³-hybridized carbons (Fsp3) is 0.500. The highest BCUT2D eigenvalue weighted by molar-refractivity contribution is 5.57. The van der Waals surface area contributed by atoms with E-state index in [-0.39, 0.29) is 0 Å². The minimum atomic E-state index is 0.523. The molecule has 2 aromatic rings. The Kier molecular flexibility index (Phi) is 4.39. The lowest BCUT2D eigenvalue weighted by Gasteiger charge is -2.22. The highest BCUT2D eigenvalue weighted by Crippen LogP contribution is 2.30. The molecule has 1 atom stereocenters. The van der Waals surface area contributed by atoms with Crippen LogP contribution in [0.15, 0.2) is 30.3 Å². The second kappa shape index (κ2) is 6.44. The van der Waals surface area contributed by atoms with Gasteiger partial charge in [-0.25, -0.2) is 4.98 Å². The van der Waals surface area contributed by atoms with Crippen LogP contribution in [0.2, 0.25) is 0 Å². The van der Waals surface area contributed by atoms with E-state index in [1.165, 1.54) is 36.2 Å². The van der Waals surface area contributed by atoms with E-state index in [0.29, 0.717) is 6.04 Å². The van der Waals surface area contributed by atoms with E-state index >= 15 is 0 Å². The SMILES string of the molecule is CCCCC(C)n1c(-c2ccccc2)nc2c1CCNC2. The van der Waals surface area contributed by atoms with E-state index in [1.807, 2.05) is 0 Å². The van der Waals surface area contributed by atoms with E-state index in [0.717, 1.165) is 25.3 Å². The molecule has 1 aromatic carbocycles. The largest absolute Gasteiger partial charge is 0.325 e. The molecule has 0 amide bonds. The number of nitrogens with one attached hydrogen (secondary N) is 1. The number of imidazole rings is 1. The average molecular weight is 283 g/mol. The quantitative estimate of drug-likeness (QED) is 0.900. The third-order valence-corrected chi connectivity index (χ3v) is 4.37. The van der Waals surface area contributed by atoms with E-state index in [9.17, 15) is 0 Å². The summed E-state index contributed by atoms with van der Waals surface area (Å²) in [5, 5.41) is 3.44. The Bertz CT molecular complexity index is 586. The maximum atomic E-state index is 4.95. The fourth-order valence-electron chi connectivity index (χ4n) is 3.23. The molecule has 0 saturated carbocycles. The second-order valence-corrected chi connectivity index (χ2v) is 5.98. The maximum absolute atomic E-state index is 4.95. The van der Waals surface area contributed by atoms with Crippen LogP contribution in [-0.2, 0) is 13.0 Å². The van der Waals surface area contributed by atoms with Gasteiger partial charge in [-0.2, -0.15) is 0 Å². The van der Waals surface area contributed by atoms with E-state index < -0.39 is 0 Å². The molecule has 0 saturated heterocycles. The Labute approximate surface area is 127 Å². The number of unbranched alkanes of at least 4 members (excludes halogenated alkanes) is 1. The number of rotatable bonds is 5. The van der Waals surface area contributed by atoms with Crippen molar-refractivity contribution in [2.45, 2.75) is 52.1 Å². The van der Waals surface area contributed by atoms with Gasteiger partial charge in [-0.15, -0.1) is 0 Å². The lowest BCUT2D eigenvalue weighted by Crippen LogP contribution is -2.25. The van der Waals surface area contributed by atoms with Gasteiger partial charge in [0.2, 0.25) is 0 Å². The van der Waals surface area contributed by atoms with Crippen molar-refractivity contribution >= 4 is 0 Å².